The molecule has 1 saturated heterocycles. The molecule has 0 bridgehead atoms. The monoisotopic (exact) mass is 450 g/mol. The summed E-state index contributed by atoms with van der Waals surface area (Å²) in [6.45, 7) is 5.83. The van der Waals surface area contributed by atoms with E-state index in [1.807, 2.05) is 24.3 Å². The molecule has 2 heterocycles. The molecule has 3 atom stereocenters. The van der Waals surface area contributed by atoms with E-state index < -0.39 is 15.1 Å². The smallest absolute Gasteiger partial charge is 0.200 e. The molecule has 1 fully saturated rings. The number of aromatic nitrogens is 2. The Morgan fingerprint density at radius 3 is 2.19 bits per heavy atom. The van der Waals surface area contributed by atoms with E-state index in [9.17, 15) is 13.7 Å². The number of rotatable bonds is 5. The lowest BCUT2D eigenvalue weighted by atomic mass is 9.92. The quantitative estimate of drug-likeness (QED) is 0.576. The molecular formula is C24H26N4O3S. The summed E-state index contributed by atoms with van der Waals surface area (Å²) >= 11 is 0. The zero-order chi connectivity index (χ0) is 22.9. The van der Waals surface area contributed by atoms with Crippen LogP contribution in [0.25, 0.3) is 11.0 Å². The highest BCUT2D eigenvalue weighted by atomic mass is 32.2. The lowest BCUT2D eigenvalue weighted by Crippen LogP contribution is -2.40. The molecule has 8 heteroatoms. The van der Waals surface area contributed by atoms with Crippen LogP contribution < -0.4 is 9.64 Å². The molecule has 1 aliphatic heterocycles. The molecule has 2 aromatic carbocycles. The summed E-state index contributed by atoms with van der Waals surface area (Å²) < 4.78 is 32.2. The van der Waals surface area contributed by atoms with Gasteiger partial charge in [-0.25, -0.2) is 18.4 Å². The lowest BCUT2D eigenvalue weighted by molar-refractivity contribution is 0.355. The van der Waals surface area contributed by atoms with Crippen LogP contribution in [-0.4, -0.2) is 38.6 Å². The van der Waals surface area contributed by atoms with Crippen molar-refractivity contribution in [2.45, 2.75) is 30.4 Å². The van der Waals surface area contributed by atoms with Crippen molar-refractivity contribution in [2.24, 2.45) is 11.8 Å². The van der Waals surface area contributed by atoms with Gasteiger partial charge in [0.25, 0.3) is 0 Å². The SMILES string of the molecule is COc1ccc(S(=O)(=O)[C@H](C#N)c2nc3ccccc3nc2N2C[C@H](C)C[C@@H](C)C2)cc1. The summed E-state index contributed by atoms with van der Waals surface area (Å²) in [6.07, 6.45) is 1.10. The number of benzene rings is 2. The van der Waals surface area contributed by atoms with Crippen LogP contribution >= 0.6 is 0 Å². The number of hydrogen-bond acceptors (Lipinski definition) is 7. The average Bonchev–Trinajstić information content (AvgIpc) is 2.78. The number of fused-ring (bicyclic) bond motifs is 1. The number of para-hydroxylation sites is 2. The average molecular weight is 451 g/mol. The molecule has 0 unspecified atom stereocenters. The van der Waals surface area contributed by atoms with Crippen molar-refractivity contribution in [1.82, 2.24) is 9.97 Å². The Morgan fingerprint density at radius 2 is 1.62 bits per heavy atom. The third kappa shape index (κ3) is 4.13. The van der Waals surface area contributed by atoms with Crippen molar-refractivity contribution < 1.29 is 13.2 Å². The standard InChI is InChI=1S/C24H26N4O3S/c1-16-12-17(2)15-28(14-16)24-23(26-20-6-4-5-7-21(20)27-24)22(13-25)32(29,30)19-10-8-18(31-3)9-11-19/h4-11,16-17,22H,12,14-15H2,1-3H3/t16-,17-,22-/m1/s1. The van der Waals surface area contributed by atoms with Crippen LogP contribution in [0.2, 0.25) is 0 Å². The van der Waals surface area contributed by atoms with Crippen LogP contribution in [0.1, 0.15) is 31.2 Å². The highest BCUT2D eigenvalue weighted by molar-refractivity contribution is 7.92. The second-order valence-corrected chi connectivity index (χ2v) is 10.5. The fourth-order valence-corrected chi connectivity index (χ4v) is 5.81. The van der Waals surface area contributed by atoms with E-state index in [1.54, 1.807) is 18.2 Å². The fourth-order valence-electron chi connectivity index (χ4n) is 4.43. The molecule has 7 nitrogen and oxygen atoms in total. The van der Waals surface area contributed by atoms with Crippen LogP contribution in [0.4, 0.5) is 5.82 Å². The lowest BCUT2D eigenvalue weighted by Gasteiger charge is -2.36. The number of anilines is 1. The van der Waals surface area contributed by atoms with Gasteiger partial charge in [0.15, 0.2) is 11.1 Å². The van der Waals surface area contributed by atoms with E-state index in [1.165, 1.54) is 19.2 Å². The van der Waals surface area contributed by atoms with E-state index in [0.29, 0.717) is 34.4 Å². The Balaban J connectivity index is 1.87. The Bertz CT molecular complexity index is 1260. The molecule has 1 aliphatic rings. The van der Waals surface area contributed by atoms with Crippen LogP contribution in [0.3, 0.4) is 0 Å². The minimum atomic E-state index is -4.03. The number of nitriles is 1. The van der Waals surface area contributed by atoms with Crippen LogP contribution in [-0.2, 0) is 9.84 Å². The first-order valence-corrected chi connectivity index (χ1v) is 12.2. The first-order chi connectivity index (χ1) is 15.3. The number of hydrogen-bond donors (Lipinski definition) is 0. The van der Waals surface area contributed by atoms with Gasteiger partial charge in [-0.3, -0.25) is 0 Å². The molecule has 0 N–H and O–H groups in total. The number of piperidine rings is 1. The molecule has 0 radical (unpaired) electrons. The van der Waals surface area contributed by atoms with Crippen molar-refractivity contribution in [1.29, 1.82) is 5.26 Å². The van der Waals surface area contributed by atoms with Gasteiger partial charge >= 0.3 is 0 Å². The van der Waals surface area contributed by atoms with Gasteiger partial charge in [-0.1, -0.05) is 26.0 Å². The maximum absolute atomic E-state index is 13.5. The van der Waals surface area contributed by atoms with Gasteiger partial charge in [0, 0.05) is 13.1 Å². The first kappa shape index (κ1) is 22.0. The Labute approximate surface area is 188 Å². The summed E-state index contributed by atoms with van der Waals surface area (Å²) in [5, 5.41) is 8.56. The van der Waals surface area contributed by atoms with Crippen LogP contribution in [0.15, 0.2) is 53.4 Å². The minimum Gasteiger partial charge on any atom is -0.497 e. The highest BCUT2D eigenvalue weighted by Gasteiger charge is 2.36. The Morgan fingerprint density at radius 1 is 1.03 bits per heavy atom. The van der Waals surface area contributed by atoms with E-state index in [-0.39, 0.29) is 10.6 Å². The molecule has 0 amide bonds. The fraction of sp³-hybridized carbons (Fsp3) is 0.375. The third-order valence-corrected chi connectivity index (χ3v) is 7.69. The van der Waals surface area contributed by atoms with E-state index >= 15 is 0 Å². The Kier molecular flexibility index (Phi) is 6.02. The highest BCUT2D eigenvalue weighted by Crippen LogP contribution is 2.36. The normalized spacial score (nSPS) is 20.0. The minimum absolute atomic E-state index is 0.0474. The summed E-state index contributed by atoms with van der Waals surface area (Å²) in [5.74, 6) is 1.88. The van der Waals surface area contributed by atoms with Gasteiger partial charge in [-0.2, -0.15) is 5.26 Å². The molecule has 0 aliphatic carbocycles. The molecular weight excluding hydrogens is 424 g/mol. The number of nitrogens with zero attached hydrogens (tertiary/aromatic N) is 4. The summed E-state index contributed by atoms with van der Waals surface area (Å²) in [7, 11) is -2.52. The molecule has 4 rings (SSSR count). The summed E-state index contributed by atoms with van der Waals surface area (Å²) in [5.41, 5.74) is 1.42. The summed E-state index contributed by atoms with van der Waals surface area (Å²) in [4.78, 5) is 11.6. The van der Waals surface area contributed by atoms with Gasteiger partial charge in [0.1, 0.15) is 11.4 Å². The number of methoxy groups -OCH3 is 1. The number of sulfone groups is 1. The van der Waals surface area contributed by atoms with E-state index in [0.717, 1.165) is 19.5 Å². The zero-order valence-electron chi connectivity index (χ0n) is 18.4. The third-order valence-electron chi connectivity index (χ3n) is 5.81. The predicted octanol–water partition coefficient (Wildman–Crippen LogP) is 4.16. The molecule has 1 aromatic heterocycles. The van der Waals surface area contributed by atoms with E-state index in [2.05, 4.69) is 23.7 Å². The maximum atomic E-state index is 13.5. The van der Waals surface area contributed by atoms with Crippen molar-refractivity contribution in [3.8, 4) is 11.8 Å². The van der Waals surface area contributed by atoms with Gasteiger partial charge < -0.3 is 9.64 Å². The van der Waals surface area contributed by atoms with E-state index in [4.69, 9.17) is 9.72 Å². The second-order valence-electron chi connectivity index (χ2n) is 8.50. The van der Waals surface area contributed by atoms with Crippen molar-refractivity contribution in [2.75, 3.05) is 25.1 Å². The topological polar surface area (TPSA) is 96.2 Å². The first-order valence-electron chi connectivity index (χ1n) is 10.6. The van der Waals surface area contributed by atoms with Gasteiger partial charge in [-0.05, 0) is 54.7 Å². The van der Waals surface area contributed by atoms with Crippen molar-refractivity contribution >= 4 is 26.7 Å². The van der Waals surface area contributed by atoms with Gasteiger partial charge in [0.2, 0.25) is 9.84 Å². The van der Waals surface area contributed by atoms with Gasteiger partial charge in [0.05, 0.1) is 29.1 Å². The van der Waals surface area contributed by atoms with Crippen LogP contribution in [0, 0.1) is 23.2 Å². The molecule has 166 valence electrons. The Hall–Kier alpha value is -3.18. The molecule has 0 saturated carbocycles. The van der Waals surface area contributed by atoms with Crippen LogP contribution in [0.5, 0.6) is 5.75 Å². The molecule has 32 heavy (non-hydrogen) atoms. The molecule has 0 spiro atoms. The molecule has 3 aromatic rings. The number of ether oxygens (including phenoxy) is 1. The maximum Gasteiger partial charge on any atom is 0.200 e. The van der Waals surface area contributed by atoms with Gasteiger partial charge in [-0.15, -0.1) is 0 Å². The summed E-state index contributed by atoms with van der Waals surface area (Å²) in [6, 6.07) is 15.4. The second kappa shape index (κ2) is 8.75. The predicted molar refractivity (Wildman–Crippen MR) is 123 cm³/mol. The zero-order valence-corrected chi connectivity index (χ0v) is 19.2. The van der Waals surface area contributed by atoms with Crippen molar-refractivity contribution in [3.05, 3.63) is 54.2 Å². The van der Waals surface area contributed by atoms with Crippen molar-refractivity contribution in [3.63, 3.8) is 0 Å². The largest absolute Gasteiger partial charge is 0.497 e.